The van der Waals surface area contributed by atoms with E-state index in [1.165, 1.54) is 0 Å². The summed E-state index contributed by atoms with van der Waals surface area (Å²) in [6.07, 6.45) is 1.16. The van der Waals surface area contributed by atoms with E-state index in [1.54, 1.807) is 0 Å². The minimum absolute atomic E-state index is 0.205. The molecule has 0 aromatic rings. The van der Waals surface area contributed by atoms with E-state index in [4.69, 9.17) is 9.47 Å². The number of likely N-dealkylation sites (N-methyl/N-ethyl adjacent to an activating group) is 1. The fourth-order valence-corrected chi connectivity index (χ4v) is 2.28. The van der Waals surface area contributed by atoms with Gasteiger partial charge in [0, 0.05) is 6.54 Å². The maximum atomic E-state index is 12.0. The molecule has 0 fully saturated rings. The van der Waals surface area contributed by atoms with Crippen LogP contribution in [0.1, 0.15) is 54.4 Å². The molecule has 2 atom stereocenters. The molecule has 0 saturated heterocycles. The van der Waals surface area contributed by atoms with Crippen LogP contribution in [0.2, 0.25) is 0 Å². The third-order valence-corrected chi connectivity index (χ3v) is 3.97. The summed E-state index contributed by atoms with van der Waals surface area (Å²) in [5.41, 5.74) is 0. The molecule has 23 heavy (non-hydrogen) atoms. The molecule has 0 bridgehead atoms. The van der Waals surface area contributed by atoms with Crippen LogP contribution < -0.4 is 0 Å². The molecule has 0 aromatic carbocycles. The minimum Gasteiger partial charge on any atom is -0.465 e. The molecule has 2 unspecified atom stereocenters. The molecule has 0 amide bonds. The lowest BCUT2D eigenvalue weighted by Crippen LogP contribution is -2.30. The summed E-state index contributed by atoms with van der Waals surface area (Å²) < 4.78 is 10.6. The molecule has 0 spiro atoms. The molecule has 136 valence electrons. The van der Waals surface area contributed by atoms with Crippen molar-refractivity contribution in [1.29, 1.82) is 0 Å². The zero-order chi connectivity index (χ0) is 17.8. The summed E-state index contributed by atoms with van der Waals surface area (Å²) in [5, 5.41) is 0. The highest BCUT2D eigenvalue weighted by Crippen LogP contribution is 2.19. The maximum absolute atomic E-state index is 12.0. The molecule has 0 aliphatic heterocycles. The van der Waals surface area contributed by atoms with E-state index in [1.807, 2.05) is 27.7 Å². The second-order valence-corrected chi connectivity index (χ2v) is 6.46. The number of carbonyl (C=O) groups excluding carboxylic acids is 2. The SMILES string of the molecule is CCC(CC(C)C(=O)OCCN(CC)CC)C(=O)OCC(C)C. The van der Waals surface area contributed by atoms with Gasteiger partial charge >= 0.3 is 11.9 Å². The van der Waals surface area contributed by atoms with E-state index in [0.29, 0.717) is 32.0 Å². The zero-order valence-corrected chi connectivity index (χ0v) is 15.8. The molecular formula is C18H35NO4. The zero-order valence-electron chi connectivity index (χ0n) is 15.8. The average molecular weight is 329 g/mol. The molecule has 5 nitrogen and oxygen atoms in total. The number of rotatable bonds is 12. The van der Waals surface area contributed by atoms with Crippen molar-refractivity contribution in [2.24, 2.45) is 17.8 Å². The summed E-state index contributed by atoms with van der Waals surface area (Å²) in [4.78, 5) is 26.3. The Bertz CT molecular complexity index is 340. The lowest BCUT2D eigenvalue weighted by molar-refractivity contribution is -0.153. The number of hydrogen-bond acceptors (Lipinski definition) is 5. The van der Waals surface area contributed by atoms with Gasteiger partial charge in [0.15, 0.2) is 0 Å². The molecule has 0 aromatic heterocycles. The van der Waals surface area contributed by atoms with Crippen LogP contribution >= 0.6 is 0 Å². The molecule has 0 aliphatic carbocycles. The van der Waals surface area contributed by atoms with Gasteiger partial charge < -0.3 is 14.4 Å². The molecule has 0 saturated carbocycles. The van der Waals surface area contributed by atoms with E-state index in [-0.39, 0.29) is 23.8 Å². The second kappa shape index (κ2) is 12.3. The van der Waals surface area contributed by atoms with Crippen LogP contribution in [0.4, 0.5) is 0 Å². The molecule has 5 heteroatoms. The third-order valence-electron chi connectivity index (χ3n) is 3.97. The number of hydrogen-bond donors (Lipinski definition) is 0. The Morgan fingerprint density at radius 3 is 2.04 bits per heavy atom. The predicted molar refractivity (Wildman–Crippen MR) is 92.1 cm³/mol. The van der Waals surface area contributed by atoms with Crippen molar-refractivity contribution >= 4 is 11.9 Å². The van der Waals surface area contributed by atoms with E-state index in [9.17, 15) is 9.59 Å². The van der Waals surface area contributed by atoms with Gasteiger partial charge in [0.05, 0.1) is 18.4 Å². The first-order valence-electron chi connectivity index (χ1n) is 8.91. The fourth-order valence-electron chi connectivity index (χ4n) is 2.28. The van der Waals surface area contributed by atoms with Crippen molar-refractivity contribution in [3.8, 4) is 0 Å². The molecule has 0 radical (unpaired) electrons. The Labute approximate surface area is 141 Å². The Morgan fingerprint density at radius 2 is 1.57 bits per heavy atom. The first-order chi connectivity index (χ1) is 10.8. The van der Waals surface area contributed by atoms with Crippen LogP contribution in [-0.2, 0) is 19.1 Å². The summed E-state index contributed by atoms with van der Waals surface area (Å²) in [7, 11) is 0. The van der Waals surface area contributed by atoms with Crippen LogP contribution in [0.25, 0.3) is 0 Å². The van der Waals surface area contributed by atoms with Gasteiger partial charge in [-0.2, -0.15) is 0 Å². The summed E-state index contributed by atoms with van der Waals surface area (Å²) in [6.45, 7) is 15.4. The third kappa shape index (κ3) is 9.59. The second-order valence-electron chi connectivity index (χ2n) is 6.46. The Hall–Kier alpha value is -1.10. The first kappa shape index (κ1) is 21.9. The Morgan fingerprint density at radius 1 is 0.957 bits per heavy atom. The van der Waals surface area contributed by atoms with Crippen molar-refractivity contribution in [3.63, 3.8) is 0 Å². The minimum atomic E-state index is -0.289. The van der Waals surface area contributed by atoms with E-state index in [0.717, 1.165) is 19.6 Å². The Balaban J connectivity index is 4.23. The normalized spacial score (nSPS) is 13.9. The van der Waals surface area contributed by atoms with E-state index >= 15 is 0 Å². The van der Waals surface area contributed by atoms with Crippen LogP contribution in [0.15, 0.2) is 0 Å². The summed E-state index contributed by atoms with van der Waals surface area (Å²) in [6, 6.07) is 0. The smallest absolute Gasteiger partial charge is 0.308 e. The number of nitrogens with zero attached hydrogens (tertiary/aromatic N) is 1. The van der Waals surface area contributed by atoms with Gasteiger partial charge in [0.2, 0.25) is 0 Å². The highest BCUT2D eigenvalue weighted by molar-refractivity contribution is 5.75. The van der Waals surface area contributed by atoms with Crippen molar-refractivity contribution in [3.05, 3.63) is 0 Å². The van der Waals surface area contributed by atoms with E-state index < -0.39 is 0 Å². The predicted octanol–water partition coefficient (Wildman–Crippen LogP) is 3.12. The van der Waals surface area contributed by atoms with Crippen LogP contribution in [0.5, 0.6) is 0 Å². The Kier molecular flexibility index (Phi) is 11.7. The average Bonchev–Trinajstić information content (AvgIpc) is 2.53. The van der Waals surface area contributed by atoms with Crippen molar-refractivity contribution in [2.45, 2.75) is 54.4 Å². The van der Waals surface area contributed by atoms with Crippen molar-refractivity contribution in [2.75, 3.05) is 32.8 Å². The molecule has 0 heterocycles. The fraction of sp³-hybridized carbons (Fsp3) is 0.889. The van der Waals surface area contributed by atoms with Gasteiger partial charge in [0.1, 0.15) is 6.61 Å². The van der Waals surface area contributed by atoms with Crippen molar-refractivity contribution in [1.82, 2.24) is 4.90 Å². The van der Waals surface area contributed by atoms with Gasteiger partial charge in [0.25, 0.3) is 0 Å². The largest absolute Gasteiger partial charge is 0.465 e. The highest BCUT2D eigenvalue weighted by atomic mass is 16.5. The van der Waals surface area contributed by atoms with Gasteiger partial charge in [-0.05, 0) is 31.8 Å². The quantitative estimate of drug-likeness (QED) is 0.515. The van der Waals surface area contributed by atoms with Gasteiger partial charge in [-0.1, -0.05) is 41.5 Å². The van der Waals surface area contributed by atoms with Gasteiger partial charge in [-0.3, -0.25) is 9.59 Å². The lowest BCUT2D eigenvalue weighted by Gasteiger charge is -2.20. The van der Waals surface area contributed by atoms with Crippen LogP contribution in [0.3, 0.4) is 0 Å². The van der Waals surface area contributed by atoms with Crippen LogP contribution in [-0.4, -0.2) is 49.7 Å². The first-order valence-corrected chi connectivity index (χ1v) is 8.91. The van der Waals surface area contributed by atoms with E-state index in [2.05, 4.69) is 18.7 Å². The monoisotopic (exact) mass is 329 g/mol. The van der Waals surface area contributed by atoms with Gasteiger partial charge in [-0.15, -0.1) is 0 Å². The maximum Gasteiger partial charge on any atom is 0.308 e. The highest BCUT2D eigenvalue weighted by Gasteiger charge is 2.25. The number of ether oxygens (including phenoxy) is 2. The summed E-state index contributed by atoms with van der Waals surface area (Å²) in [5.74, 6) is -0.641. The number of carbonyl (C=O) groups is 2. The molecule has 0 aliphatic rings. The summed E-state index contributed by atoms with van der Waals surface area (Å²) >= 11 is 0. The van der Waals surface area contributed by atoms with Crippen LogP contribution in [0, 0.1) is 17.8 Å². The molecular weight excluding hydrogens is 294 g/mol. The topological polar surface area (TPSA) is 55.8 Å². The molecule has 0 N–H and O–H groups in total. The van der Waals surface area contributed by atoms with Crippen molar-refractivity contribution < 1.29 is 19.1 Å². The van der Waals surface area contributed by atoms with Gasteiger partial charge in [-0.25, -0.2) is 0 Å². The lowest BCUT2D eigenvalue weighted by atomic mass is 9.94. The molecule has 0 rings (SSSR count). The standard InChI is InChI=1S/C18H35NO4/c1-7-16(18(21)23-13-14(4)5)12-15(6)17(20)22-11-10-19(8-2)9-3/h14-16H,7-13H2,1-6H3. The number of esters is 2.